The van der Waals surface area contributed by atoms with E-state index in [1.165, 1.54) is 18.4 Å². The lowest BCUT2D eigenvalue weighted by Crippen LogP contribution is -2.61. The largest absolute Gasteiger partial charge is 0.497 e. The van der Waals surface area contributed by atoms with Gasteiger partial charge in [0.05, 0.1) is 13.2 Å². The molecule has 0 aliphatic heterocycles. The predicted molar refractivity (Wildman–Crippen MR) is 84.6 cm³/mol. The number of nitrogens with one attached hydrogen (secondary N) is 1. The normalized spacial score (nSPS) is 28.8. The lowest BCUT2D eigenvalue weighted by atomic mass is 9.64. The van der Waals surface area contributed by atoms with Crippen molar-refractivity contribution in [2.24, 2.45) is 11.3 Å². The topological polar surface area (TPSA) is 30.5 Å². The fraction of sp³-hybridized carbons (Fsp3) is 0.667. The van der Waals surface area contributed by atoms with Gasteiger partial charge in [0, 0.05) is 24.6 Å². The van der Waals surface area contributed by atoms with Gasteiger partial charge in [-0.05, 0) is 42.9 Å². The van der Waals surface area contributed by atoms with Crippen molar-refractivity contribution in [3.63, 3.8) is 0 Å². The van der Waals surface area contributed by atoms with E-state index in [1.807, 2.05) is 7.11 Å². The number of benzene rings is 1. The molecule has 0 saturated heterocycles. The van der Waals surface area contributed by atoms with Crippen LogP contribution in [0.3, 0.4) is 0 Å². The highest BCUT2D eigenvalue weighted by Gasteiger charge is 2.50. The van der Waals surface area contributed by atoms with E-state index in [2.05, 4.69) is 43.4 Å². The van der Waals surface area contributed by atoms with Crippen molar-refractivity contribution in [2.45, 2.75) is 51.3 Å². The van der Waals surface area contributed by atoms with Crippen molar-refractivity contribution in [3.05, 3.63) is 29.8 Å². The Morgan fingerprint density at radius 3 is 2.29 bits per heavy atom. The molecule has 1 aromatic rings. The summed E-state index contributed by atoms with van der Waals surface area (Å²) in [6.45, 7) is 4.61. The Hall–Kier alpha value is -1.06. The summed E-state index contributed by atoms with van der Waals surface area (Å²) in [4.78, 5) is 0. The molecule has 2 fully saturated rings. The summed E-state index contributed by atoms with van der Waals surface area (Å²) in [5, 5.41) is 3.90. The second-order valence-electron chi connectivity index (χ2n) is 7.09. The molecule has 0 radical (unpaired) electrons. The van der Waals surface area contributed by atoms with E-state index in [1.54, 1.807) is 7.11 Å². The lowest BCUT2D eigenvalue weighted by molar-refractivity contribution is -0.101. The van der Waals surface area contributed by atoms with Gasteiger partial charge in [-0.2, -0.15) is 0 Å². The van der Waals surface area contributed by atoms with Crippen LogP contribution >= 0.6 is 0 Å². The fourth-order valence-corrected chi connectivity index (χ4v) is 3.53. The first kappa shape index (κ1) is 14.9. The van der Waals surface area contributed by atoms with Crippen LogP contribution in [-0.2, 0) is 4.74 Å². The molecule has 0 heterocycles. The summed E-state index contributed by atoms with van der Waals surface area (Å²) >= 11 is 0. The molecular formula is C18H27NO2. The van der Waals surface area contributed by atoms with Gasteiger partial charge in [0.1, 0.15) is 5.75 Å². The molecule has 3 heteroatoms. The van der Waals surface area contributed by atoms with E-state index in [9.17, 15) is 0 Å². The van der Waals surface area contributed by atoms with Gasteiger partial charge >= 0.3 is 0 Å². The minimum atomic E-state index is 0.217. The Kier molecular flexibility index (Phi) is 3.98. The van der Waals surface area contributed by atoms with Gasteiger partial charge in [-0.25, -0.2) is 0 Å². The Labute approximate surface area is 128 Å². The van der Waals surface area contributed by atoms with Crippen molar-refractivity contribution < 1.29 is 9.47 Å². The molecule has 3 rings (SSSR count). The molecule has 2 aliphatic carbocycles. The van der Waals surface area contributed by atoms with E-state index >= 15 is 0 Å². The molecule has 2 aliphatic rings. The molecule has 3 atom stereocenters. The first-order valence-corrected chi connectivity index (χ1v) is 7.99. The summed E-state index contributed by atoms with van der Waals surface area (Å²) in [6.07, 6.45) is 4.17. The first-order chi connectivity index (χ1) is 10.1. The second kappa shape index (κ2) is 5.62. The van der Waals surface area contributed by atoms with Crippen LogP contribution in [0, 0.1) is 11.3 Å². The Bertz CT molecular complexity index is 478. The Morgan fingerprint density at radius 1 is 1.14 bits per heavy atom. The highest BCUT2D eigenvalue weighted by molar-refractivity contribution is 5.30. The van der Waals surface area contributed by atoms with Crippen molar-refractivity contribution in [3.8, 4) is 5.75 Å². The highest BCUT2D eigenvalue weighted by atomic mass is 16.5. The summed E-state index contributed by atoms with van der Waals surface area (Å²) in [5.74, 6) is 1.72. The zero-order chi connectivity index (χ0) is 15.0. The standard InChI is InChI=1S/C18H27NO2/c1-18(2)15(11-16(18)21-4)19-17(12-5-6-12)13-7-9-14(20-3)10-8-13/h7-10,12,15-17,19H,5-6,11H2,1-4H3. The quantitative estimate of drug-likeness (QED) is 0.868. The average Bonchev–Trinajstić information content (AvgIpc) is 3.31. The molecule has 1 N–H and O–H groups in total. The van der Waals surface area contributed by atoms with Crippen LogP contribution in [0.5, 0.6) is 5.75 Å². The minimum Gasteiger partial charge on any atom is -0.497 e. The first-order valence-electron chi connectivity index (χ1n) is 7.99. The van der Waals surface area contributed by atoms with Gasteiger partial charge in [0.15, 0.2) is 0 Å². The monoisotopic (exact) mass is 289 g/mol. The van der Waals surface area contributed by atoms with Crippen molar-refractivity contribution in [1.29, 1.82) is 0 Å². The molecule has 1 aromatic carbocycles. The van der Waals surface area contributed by atoms with Crippen LogP contribution in [-0.4, -0.2) is 26.4 Å². The summed E-state index contributed by atoms with van der Waals surface area (Å²) in [6, 6.07) is 9.54. The van der Waals surface area contributed by atoms with Gasteiger partial charge in [-0.1, -0.05) is 26.0 Å². The van der Waals surface area contributed by atoms with Crippen LogP contribution in [0.2, 0.25) is 0 Å². The van der Waals surface area contributed by atoms with Crippen LogP contribution < -0.4 is 10.1 Å². The number of hydrogen-bond donors (Lipinski definition) is 1. The summed E-state index contributed by atoms with van der Waals surface area (Å²) in [7, 11) is 3.54. The van der Waals surface area contributed by atoms with Crippen molar-refractivity contribution >= 4 is 0 Å². The molecule has 21 heavy (non-hydrogen) atoms. The van der Waals surface area contributed by atoms with Gasteiger partial charge in [-0.3, -0.25) is 0 Å². The number of ether oxygens (including phenoxy) is 2. The van der Waals surface area contributed by atoms with Crippen molar-refractivity contribution in [1.82, 2.24) is 5.32 Å². The molecule has 2 saturated carbocycles. The highest BCUT2D eigenvalue weighted by Crippen LogP contribution is 2.47. The molecule has 0 aromatic heterocycles. The van der Waals surface area contributed by atoms with Gasteiger partial charge < -0.3 is 14.8 Å². The van der Waals surface area contributed by atoms with Crippen LogP contribution in [0.1, 0.15) is 44.7 Å². The third-order valence-corrected chi connectivity index (χ3v) is 5.41. The minimum absolute atomic E-state index is 0.217. The molecule has 0 amide bonds. The molecule has 0 spiro atoms. The van der Waals surface area contributed by atoms with E-state index < -0.39 is 0 Å². The zero-order valence-electron chi connectivity index (χ0n) is 13.6. The Balaban J connectivity index is 1.71. The third-order valence-electron chi connectivity index (χ3n) is 5.41. The predicted octanol–water partition coefficient (Wildman–Crippen LogP) is 3.55. The smallest absolute Gasteiger partial charge is 0.118 e. The van der Waals surface area contributed by atoms with E-state index in [0.29, 0.717) is 18.2 Å². The molecule has 3 nitrogen and oxygen atoms in total. The molecule has 0 bridgehead atoms. The van der Waals surface area contributed by atoms with E-state index in [-0.39, 0.29) is 5.41 Å². The number of hydrogen-bond acceptors (Lipinski definition) is 3. The lowest BCUT2D eigenvalue weighted by Gasteiger charge is -2.52. The third kappa shape index (κ3) is 2.82. The SMILES string of the molecule is COc1ccc(C(NC2CC(OC)C2(C)C)C2CC2)cc1. The maximum absolute atomic E-state index is 5.57. The van der Waals surface area contributed by atoms with Gasteiger partial charge in [0.25, 0.3) is 0 Å². The number of methoxy groups -OCH3 is 2. The van der Waals surface area contributed by atoms with E-state index in [0.717, 1.165) is 18.1 Å². The van der Waals surface area contributed by atoms with Gasteiger partial charge in [-0.15, -0.1) is 0 Å². The maximum atomic E-state index is 5.57. The summed E-state index contributed by atoms with van der Waals surface area (Å²) < 4.78 is 10.8. The molecular weight excluding hydrogens is 262 g/mol. The molecule has 116 valence electrons. The molecule has 3 unspecified atom stereocenters. The fourth-order valence-electron chi connectivity index (χ4n) is 3.53. The zero-order valence-corrected chi connectivity index (χ0v) is 13.6. The van der Waals surface area contributed by atoms with Crippen LogP contribution in [0.25, 0.3) is 0 Å². The van der Waals surface area contributed by atoms with Crippen LogP contribution in [0.4, 0.5) is 0 Å². The number of rotatable bonds is 6. The van der Waals surface area contributed by atoms with Crippen LogP contribution in [0.15, 0.2) is 24.3 Å². The van der Waals surface area contributed by atoms with E-state index in [4.69, 9.17) is 9.47 Å². The Morgan fingerprint density at radius 2 is 1.81 bits per heavy atom. The van der Waals surface area contributed by atoms with Crippen molar-refractivity contribution in [2.75, 3.05) is 14.2 Å². The maximum Gasteiger partial charge on any atom is 0.118 e. The van der Waals surface area contributed by atoms with Gasteiger partial charge in [0.2, 0.25) is 0 Å². The summed E-state index contributed by atoms with van der Waals surface area (Å²) in [5.41, 5.74) is 1.60. The second-order valence-corrected chi connectivity index (χ2v) is 7.09. The average molecular weight is 289 g/mol.